The molecule has 1 amide bonds. The van der Waals surface area contributed by atoms with Gasteiger partial charge >= 0.3 is 0 Å². The van der Waals surface area contributed by atoms with Crippen LogP contribution in [0, 0.1) is 11.3 Å². The van der Waals surface area contributed by atoms with Gasteiger partial charge in [0.15, 0.2) is 11.5 Å². The summed E-state index contributed by atoms with van der Waals surface area (Å²) in [5.41, 5.74) is 0.720. The number of nitrogens with one attached hydrogen (secondary N) is 1. The summed E-state index contributed by atoms with van der Waals surface area (Å²) >= 11 is 18.3. The van der Waals surface area contributed by atoms with E-state index in [0.29, 0.717) is 32.8 Å². The van der Waals surface area contributed by atoms with Crippen LogP contribution in [0.2, 0.25) is 15.1 Å². The molecular weight excluding hydrogens is 435 g/mol. The van der Waals surface area contributed by atoms with Gasteiger partial charge in [-0.2, -0.15) is 5.26 Å². The van der Waals surface area contributed by atoms with Crippen molar-refractivity contribution in [1.82, 2.24) is 0 Å². The number of hydrogen-bond acceptors (Lipinski definition) is 4. The van der Waals surface area contributed by atoms with Crippen LogP contribution in [0.3, 0.4) is 0 Å². The molecule has 2 rings (SSSR count). The number of amides is 1. The second-order valence-corrected chi connectivity index (χ2v) is 7.37. The summed E-state index contributed by atoms with van der Waals surface area (Å²) in [5.74, 6) is 0.200. The second-order valence-electron chi connectivity index (χ2n) is 6.12. The summed E-state index contributed by atoms with van der Waals surface area (Å²) < 4.78 is 11.2. The molecule has 2 aromatic rings. The zero-order chi connectivity index (χ0) is 21.6. The van der Waals surface area contributed by atoms with Gasteiger partial charge in [-0.05, 0) is 55.3 Å². The van der Waals surface area contributed by atoms with Gasteiger partial charge in [0.25, 0.3) is 5.91 Å². The molecular formula is C21H19Cl3N2O3. The zero-order valence-electron chi connectivity index (χ0n) is 16.1. The van der Waals surface area contributed by atoms with E-state index in [9.17, 15) is 10.1 Å². The molecule has 152 valence electrons. The number of ether oxygens (including phenoxy) is 2. The first-order chi connectivity index (χ1) is 13.8. The SMILES string of the molecule is CC[C@@H](C)Oc1c(Cl)cc(/C=C(/C#N)C(=O)Nc2ccc(Cl)cc2Cl)cc1OC. The maximum Gasteiger partial charge on any atom is 0.266 e. The van der Waals surface area contributed by atoms with Crippen LogP contribution in [-0.4, -0.2) is 19.1 Å². The van der Waals surface area contributed by atoms with Gasteiger partial charge in [-0.25, -0.2) is 0 Å². The summed E-state index contributed by atoms with van der Waals surface area (Å²) in [6.45, 7) is 3.91. The lowest BCUT2D eigenvalue weighted by molar-refractivity contribution is -0.112. The minimum Gasteiger partial charge on any atom is -0.493 e. The third-order valence-electron chi connectivity index (χ3n) is 4.00. The Hall–Kier alpha value is -2.39. The molecule has 0 unspecified atom stereocenters. The minimum atomic E-state index is -0.619. The molecule has 0 aromatic heterocycles. The lowest BCUT2D eigenvalue weighted by Crippen LogP contribution is -2.13. The number of nitrogens with zero attached hydrogens (tertiary/aromatic N) is 1. The van der Waals surface area contributed by atoms with E-state index in [1.165, 1.54) is 19.3 Å². The molecule has 0 heterocycles. The lowest BCUT2D eigenvalue weighted by Gasteiger charge is -2.17. The maximum atomic E-state index is 12.5. The second kappa shape index (κ2) is 10.4. The normalized spacial score (nSPS) is 12.1. The van der Waals surface area contributed by atoms with Crippen LogP contribution in [0.1, 0.15) is 25.8 Å². The average molecular weight is 454 g/mol. The van der Waals surface area contributed by atoms with Gasteiger partial charge in [0.2, 0.25) is 0 Å². The van der Waals surface area contributed by atoms with Crippen molar-refractivity contribution in [3.05, 3.63) is 56.5 Å². The van der Waals surface area contributed by atoms with Gasteiger partial charge in [-0.15, -0.1) is 0 Å². The highest BCUT2D eigenvalue weighted by atomic mass is 35.5. The summed E-state index contributed by atoms with van der Waals surface area (Å²) in [6, 6.07) is 9.75. The molecule has 0 saturated heterocycles. The van der Waals surface area contributed by atoms with Crippen molar-refractivity contribution in [1.29, 1.82) is 5.26 Å². The van der Waals surface area contributed by atoms with Crippen LogP contribution in [0.25, 0.3) is 6.08 Å². The highest BCUT2D eigenvalue weighted by Gasteiger charge is 2.16. The highest BCUT2D eigenvalue weighted by Crippen LogP contribution is 2.38. The monoisotopic (exact) mass is 452 g/mol. The predicted molar refractivity (Wildman–Crippen MR) is 117 cm³/mol. The van der Waals surface area contributed by atoms with E-state index in [1.807, 2.05) is 19.9 Å². The standard InChI is InChI=1S/C21H19Cl3N2O3/c1-4-12(2)29-20-17(24)8-13(9-19(20)28-3)7-14(11-25)21(27)26-18-6-5-15(22)10-16(18)23/h5-10,12H,4H2,1-3H3,(H,26,27)/b14-7-/t12-/m1/s1. The quantitative estimate of drug-likeness (QED) is 0.390. The molecule has 8 heteroatoms. The highest BCUT2D eigenvalue weighted by molar-refractivity contribution is 6.37. The lowest BCUT2D eigenvalue weighted by atomic mass is 10.1. The Labute approximate surface area is 184 Å². The predicted octanol–water partition coefficient (Wildman–Crippen LogP) is 6.38. The third kappa shape index (κ3) is 6.04. The van der Waals surface area contributed by atoms with Gasteiger partial charge in [0, 0.05) is 5.02 Å². The number of rotatable bonds is 7. The summed E-state index contributed by atoms with van der Waals surface area (Å²) in [4.78, 5) is 12.5. The van der Waals surface area contributed by atoms with Crippen molar-refractivity contribution in [2.45, 2.75) is 26.4 Å². The van der Waals surface area contributed by atoms with Crippen LogP contribution in [0.4, 0.5) is 5.69 Å². The van der Waals surface area contributed by atoms with E-state index in [2.05, 4.69) is 5.32 Å². The van der Waals surface area contributed by atoms with Crippen molar-refractivity contribution < 1.29 is 14.3 Å². The fraction of sp³-hybridized carbons (Fsp3) is 0.238. The van der Waals surface area contributed by atoms with Crippen molar-refractivity contribution in [3.63, 3.8) is 0 Å². The Kier molecular flexibility index (Phi) is 8.21. The fourth-order valence-electron chi connectivity index (χ4n) is 2.32. The summed E-state index contributed by atoms with van der Waals surface area (Å²) in [7, 11) is 1.49. The molecule has 0 bridgehead atoms. The molecule has 0 fully saturated rings. The van der Waals surface area contributed by atoms with E-state index in [-0.39, 0.29) is 16.7 Å². The molecule has 1 atom stereocenters. The Morgan fingerprint density at radius 3 is 2.55 bits per heavy atom. The largest absolute Gasteiger partial charge is 0.493 e. The van der Waals surface area contributed by atoms with Gasteiger partial charge in [-0.3, -0.25) is 4.79 Å². The van der Waals surface area contributed by atoms with E-state index < -0.39 is 5.91 Å². The van der Waals surface area contributed by atoms with Gasteiger partial charge in [0.1, 0.15) is 11.6 Å². The van der Waals surface area contributed by atoms with E-state index in [0.717, 1.165) is 6.42 Å². The van der Waals surface area contributed by atoms with E-state index in [4.69, 9.17) is 44.3 Å². The molecule has 0 aliphatic rings. The first kappa shape index (κ1) is 22.9. The van der Waals surface area contributed by atoms with Crippen LogP contribution >= 0.6 is 34.8 Å². The van der Waals surface area contributed by atoms with Crippen molar-refractivity contribution >= 4 is 52.5 Å². The van der Waals surface area contributed by atoms with E-state index >= 15 is 0 Å². The number of hydrogen-bond donors (Lipinski definition) is 1. The molecule has 0 aliphatic carbocycles. The van der Waals surface area contributed by atoms with Crippen LogP contribution in [0.5, 0.6) is 11.5 Å². The van der Waals surface area contributed by atoms with Crippen LogP contribution < -0.4 is 14.8 Å². The van der Waals surface area contributed by atoms with Crippen LogP contribution in [0.15, 0.2) is 35.9 Å². The number of carbonyl (C=O) groups excluding carboxylic acids is 1. The number of nitriles is 1. The Morgan fingerprint density at radius 2 is 1.97 bits per heavy atom. The molecule has 0 radical (unpaired) electrons. The number of benzene rings is 2. The maximum absolute atomic E-state index is 12.5. The van der Waals surface area contributed by atoms with Gasteiger partial charge in [-0.1, -0.05) is 41.7 Å². The minimum absolute atomic E-state index is 0.0487. The Balaban J connectivity index is 2.33. The number of anilines is 1. The molecule has 0 spiro atoms. The smallest absolute Gasteiger partial charge is 0.266 e. The molecule has 2 aromatic carbocycles. The first-order valence-corrected chi connectivity index (χ1v) is 9.84. The van der Waals surface area contributed by atoms with E-state index in [1.54, 1.807) is 24.3 Å². The van der Waals surface area contributed by atoms with Gasteiger partial charge in [0.05, 0.1) is 28.9 Å². The van der Waals surface area contributed by atoms with Gasteiger partial charge < -0.3 is 14.8 Å². The summed E-state index contributed by atoms with van der Waals surface area (Å²) in [6.07, 6.45) is 2.15. The molecule has 1 N–H and O–H groups in total. The molecule has 29 heavy (non-hydrogen) atoms. The first-order valence-electron chi connectivity index (χ1n) is 8.71. The third-order valence-corrected chi connectivity index (χ3v) is 4.83. The number of carbonyl (C=O) groups is 1. The van der Waals surface area contributed by atoms with Crippen molar-refractivity contribution in [2.24, 2.45) is 0 Å². The Morgan fingerprint density at radius 1 is 1.24 bits per heavy atom. The number of methoxy groups -OCH3 is 1. The van der Waals surface area contributed by atoms with Crippen LogP contribution in [-0.2, 0) is 4.79 Å². The van der Waals surface area contributed by atoms with Crippen molar-refractivity contribution in [2.75, 3.05) is 12.4 Å². The summed E-state index contributed by atoms with van der Waals surface area (Å²) in [5, 5.41) is 13.0. The zero-order valence-corrected chi connectivity index (χ0v) is 18.3. The molecule has 0 aliphatic heterocycles. The fourth-order valence-corrected chi connectivity index (χ4v) is 3.04. The average Bonchev–Trinajstić information content (AvgIpc) is 2.69. The topological polar surface area (TPSA) is 71.3 Å². The van der Waals surface area contributed by atoms with Crippen molar-refractivity contribution in [3.8, 4) is 17.6 Å². The molecule has 5 nitrogen and oxygen atoms in total. The Bertz CT molecular complexity index is 984. The molecule has 0 saturated carbocycles. The number of halogens is 3.